The zero-order valence-electron chi connectivity index (χ0n) is 7.24. The van der Waals surface area contributed by atoms with Crippen molar-refractivity contribution in [3.63, 3.8) is 0 Å². The Morgan fingerprint density at radius 1 is 1.64 bits per heavy atom. The second-order valence-corrected chi connectivity index (χ2v) is 4.26. The van der Waals surface area contributed by atoms with E-state index in [1.807, 2.05) is 0 Å². The number of ether oxygens (including phenoxy) is 1. The molecule has 74 valence electrons. The second-order valence-electron chi connectivity index (χ2n) is 3.09. The van der Waals surface area contributed by atoms with Crippen LogP contribution < -0.4 is 4.74 Å². The van der Waals surface area contributed by atoms with Crippen molar-refractivity contribution >= 4 is 28.6 Å². The lowest BCUT2D eigenvalue weighted by atomic mass is 10.3. The van der Waals surface area contributed by atoms with Crippen LogP contribution in [0, 0.1) is 3.57 Å². The van der Waals surface area contributed by atoms with Crippen LogP contribution in [0.4, 0.5) is 0 Å². The summed E-state index contributed by atoms with van der Waals surface area (Å²) in [6.07, 6.45) is 3.67. The number of nitrogens with zero attached hydrogens (tertiary/aromatic N) is 1. The van der Waals surface area contributed by atoms with Crippen LogP contribution in [0.3, 0.4) is 0 Å². The third-order valence-corrected chi connectivity index (χ3v) is 2.72. The normalized spacial score (nSPS) is 15.2. The molecule has 4 nitrogen and oxygen atoms in total. The molecule has 0 unspecified atom stereocenters. The summed E-state index contributed by atoms with van der Waals surface area (Å²) in [6, 6.07) is 1.74. The molecule has 1 aliphatic rings. The molecule has 0 atom stereocenters. The van der Waals surface area contributed by atoms with E-state index in [1.54, 1.807) is 6.07 Å². The Morgan fingerprint density at radius 2 is 2.36 bits per heavy atom. The molecule has 0 amide bonds. The van der Waals surface area contributed by atoms with Gasteiger partial charge >= 0.3 is 5.97 Å². The fourth-order valence-corrected chi connectivity index (χ4v) is 1.59. The molecule has 0 saturated heterocycles. The summed E-state index contributed by atoms with van der Waals surface area (Å²) < 4.78 is 6.29. The van der Waals surface area contributed by atoms with Crippen molar-refractivity contribution in [3.8, 4) is 5.75 Å². The first kappa shape index (κ1) is 9.70. The molecule has 0 spiro atoms. The number of aromatic nitrogens is 1. The first-order valence-corrected chi connectivity index (χ1v) is 5.31. The smallest absolute Gasteiger partial charge is 0.358 e. The van der Waals surface area contributed by atoms with E-state index < -0.39 is 5.97 Å². The molecule has 2 rings (SSSR count). The number of pyridine rings is 1. The van der Waals surface area contributed by atoms with Crippen LogP contribution in [0.2, 0.25) is 0 Å². The molecule has 1 heterocycles. The van der Waals surface area contributed by atoms with Crippen molar-refractivity contribution in [2.24, 2.45) is 0 Å². The summed E-state index contributed by atoms with van der Waals surface area (Å²) in [4.78, 5) is 14.6. The summed E-state index contributed by atoms with van der Waals surface area (Å²) in [7, 11) is 0. The van der Waals surface area contributed by atoms with Gasteiger partial charge < -0.3 is 9.84 Å². The van der Waals surface area contributed by atoms with E-state index in [1.165, 1.54) is 6.20 Å². The Balaban J connectivity index is 2.36. The van der Waals surface area contributed by atoms with Crippen LogP contribution in [-0.2, 0) is 0 Å². The highest BCUT2D eigenvalue weighted by Crippen LogP contribution is 2.31. The first-order chi connectivity index (χ1) is 6.68. The molecule has 1 aromatic heterocycles. The van der Waals surface area contributed by atoms with Gasteiger partial charge in [-0.25, -0.2) is 9.78 Å². The van der Waals surface area contributed by atoms with Crippen molar-refractivity contribution in [3.05, 3.63) is 21.5 Å². The molecular weight excluding hydrogens is 297 g/mol. The quantitative estimate of drug-likeness (QED) is 0.867. The van der Waals surface area contributed by atoms with Gasteiger partial charge in [0, 0.05) is 6.20 Å². The summed E-state index contributed by atoms with van der Waals surface area (Å²) >= 11 is 2.05. The number of hydrogen-bond donors (Lipinski definition) is 1. The predicted octanol–water partition coefficient (Wildman–Crippen LogP) is 1.93. The van der Waals surface area contributed by atoms with Gasteiger partial charge in [0.1, 0.15) is 0 Å². The van der Waals surface area contributed by atoms with Crippen molar-refractivity contribution in [1.29, 1.82) is 0 Å². The van der Waals surface area contributed by atoms with E-state index >= 15 is 0 Å². The minimum Gasteiger partial charge on any atom is -0.487 e. The van der Waals surface area contributed by atoms with Gasteiger partial charge in [-0.15, -0.1) is 0 Å². The van der Waals surface area contributed by atoms with Crippen LogP contribution in [0.15, 0.2) is 12.3 Å². The SMILES string of the molecule is O=C(O)c1nccc(I)c1OC1CC1. The van der Waals surface area contributed by atoms with E-state index in [9.17, 15) is 4.79 Å². The highest BCUT2D eigenvalue weighted by Gasteiger charge is 2.27. The third kappa shape index (κ3) is 1.97. The maximum absolute atomic E-state index is 10.8. The summed E-state index contributed by atoms with van der Waals surface area (Å²) in [5, 5.41) is 8.88. The van der Waals surface area contributed by atoms with Crippen LogP contribution in [0.1, 0.15) is 23.3 Å². The van der Waals surface area contributed by atoms with Crippen molar-refractivity contribution < 1.29 is 14.6 Å². The molecule has 14 heavy (non-hydrogen) atoms. The van der Waals surface area contributed by atoms with Crippen molar-refractivity contribution in [2.45, 2.75) is 18.9 Å². The van der Waals surface area contributed by atoms with Crippen LogP contribution >= 0.6 is 22.6 Å². The standard InChI is InChI=1S/C9H8INO3/c10-6-3-4-11-7(9(12)13)8(6)14-5-1-2-5/h3-5H,1-2H2,(H,12,13). The third-order valence-electron chi connectivity index (χ3n) is 1.87. The van der Waals surface area contributed by atoms with Crippen LogP contribution in [0.25, 0.3) is 0 Å². The number of rotatable bonds is 3. The van der Waals surface area contributed by atoms with Gasteiger partial charge in [-0.1, -0.05) is 0 Å². The molecule has 5 heteroatoms. The summed E-state index contributed by atoms with van der Waals surface area (Å²) in [6.45, 7) is 0. The van der Waals surface area contributed by atoms with Crippen LogP contribution in [0.5, 0.6) is 5.75 Å². The van der Waals surface area contributed by atoms with E-state index in [2.05, 4.69) is 27.6 Å². The number of aromatic carboxylic acids is 1. The van der Waals surface area contributed by atoms with Gasteiger partial charge in [0.25, 0.3) is 0 Å². The van der Waals surface area contributed by atoms with Gasteiger partial charge in [0.05, 0.1) is 9.67 Å². The lowest BCUT2D eigenvalue weighted by Gasteiger charge is -2.08. The average Bonchev–Trinajstić information content (AvgIpc) is 2.91. The molecule has 0 aliphatic heterocycles. The number of carboxylic acid groups (broad SMARTS) is 1. The molecule has 1 N–H and O–H groups in total. The molecule has 0 bridgehead atoms. The van der Waals surface area contributed by atoms with Crippen molar-refractivity contribution in [2.75, 3.05) is 0 Å². The topological polar surface area (TPSA) is 59.4 Å². The lowest BCUT2D eigenvalue weighted by molar-refractivity contribution is 0.0684. The highest BCUT2D eigenvalue weighted by molar-refractivity contribution is 14.1. The molecule has 1 aromatic rings. The van der Waals surface area contributed by atoms with E-state index in [4.69, 9.17) is 9.84 Å². The summed E-state index contributed by atoms with van der Waals surface area (Å²) in [5.41, 5.74) is 0.00352. The Hall–Kier alpha value is -0.850. The molecule has 1 aliphatic carbocycles. The first-order valence-electron chi connectivity index (χ1n) is 4.23. The Morgan fingerprint density at radius 3 is 2.93 bits per heavy atom. The number of hydrogen-bond acceptors (Lipinski definition) is 3. The Kier molecular flexibility index (Phi) is 2.58. The molecule has 1 fully saturated rings. The van der Waals surface area contributed by atoms with Crippen LogP contribution in [-0.4, -0.2) is 22.2 Å². The minimum atomic E-state index is -1.04. The zero-order chi connectivity index (χ0) is 10.1. The second kappa shape index (κ2) is 3.72. The fourth-order valence-electron chi connectivity index (χ4n) is 1.04. The number of carboxylic acids is 1. The predicted molar refractivity (Wildman–Crippen MR) is 57.6 cm³/mol. The average molecular weight is 305 g/mol. The summed E-state index contributed by atoms with van der Waals surface area (Å²) in [5.74, 6) is -0.637. The Bertz CT molecular complexity index is 376. The fraction of sp³-hybridized carbons (Fsp3) is 0.333. The zero-order valence-corrected chi connectivity index (χ0v) is 9.39. The van der Waals surface area contributed by atoms with E-state index in [0.29, 0.717) is 5.75 Å². The van der Waals surface area contributed by atoms with Gasteiger partial charge in [0.2, 0.25) is 0 Å². The van der Waals surface area contributed by atoms with Gasteiger partial charge in [-0.3, -0.25) is 0 Å². The molecule has 0 aromatic carbocycles. The Labute approximate surface area is 94.4 Å². The molecular formula is C9H8INO3. The maximum Gasteiger partial charge on any atom is 0.358 e. The van der Waals surface area contributed by atoms with E-state index in [-0.39, 0.29) is 11.8 Å². The van der Waals surface area contributed by atoms with E-state index in [0.717, 1.165) is 16.4 Å². The minimum absolute atomic E-state index is 0.00352. The molecule has 1 saturated carbocycles. The molecule has 0 radical (unpaired) electrons. The van der Waals surface area contributed by atoms with Gasteiger partial charge in [-0.2, -0.15) is 0 Å². The highest BCUT2D eigenvalue weighted by atomic mass is 127. The van der Waals surface area contributed by atoms with Gasteiger partial charge in [0.15, 0.2) is 11.4 Å². The maximum atomic E-state index is 10.8. The lowest BCUT2D eigenvalue weighted by Crippen LogP contribution is -2.08. The monoisotopic (exact) mass is 305 g/mol. The number of halogens is 1. The largest absolute Gasteiger partial charge is 0.487 e. The van der Waals surface area contributed by atoms with Crippen molar-refractivity contribution in [1.82, 2.24) is 4.98 Å². The number of carbonyl (C=O) groups is 1. The van der Waals surface area contributed by atoms with Gasteiger partial charge in [-0.05, 0) is 41.5 Å².